The van der Waals surface area contributed by atoms with Crippen molar-refractivity contribution in [3.8, 4) is 0 Å². The van der Waals surface area contributed by atoms with E-state index in [2.05, 4.69) is 18.5 Å². The first-order valence-electron chi connectivity index (χ1n) is 6.40. The summed E-state index contributed by atoms with van der Waals surface area (Å²) in [5.74, 6) is 0.700. The van der Waals surface area contributed by atoms with E-state index in [4.69, 9.17) is 0 Å². The number of carbonyl (C=O) groups excluding carboxylic acids is 1. The van der Waals surface area contributed by atoms with Crippen molar-refractivity contribution in [2.45, 2.75) is 19.3 Å². The molecule has 0 heterocycles. The van der Waals surface area contributed by atoms with Gasteiger partial charge in [-0.25, -0.2) is 0 Å². The fourth-order valence-electron chi connectivity index (χ4n) is 1.99. The predicted molar refractivity (Wildman–Crippen MR) is 75.3 cm³/mol. The van der Waals surface area contributed by atoms with Crippen molar-refractivity contribution in [2.24, 2.45) is 5.92 Å². The van der Waals surface area contributed by atoms with Gasteiger partial charge in [0.05, 0.1) is 0 Å². The SMILES string of the molecule is C=CC(=C)c1ccc(C(=O)NCC2CCC2)cc1. The molecule has 1 saturated carbocycles. The predicted octanol–water partition coefficient (Wildman–Crippen LogP) is 3.42. The molecule has 1 aliphatic carbocycles. The van der Waals surface area contributed by atoms with E-state index < -0.39 is 0 Å². The molecule has 0 atom stereocenters. The zero-order valence-electron chi connectivity index (χ0n) is 10.6. The minimum atomic E-state index is 0.0117. The van der Waals surface area contributed by atoms with Crippen LogP contribution >= 0.6 is 0 Å². The number of hydrogen-bond donors (Lipinski definition) is 1. The second kappa shape index (κ2) is 5.67. The smallest absolute Gasteiger partial charge is 0.251 e. The molecule has 1 aliphatic rings. The van der Waals surface area contributed by atoms with Crippen LogP contribution in [0.4, 0.5) is 0 Å². The molecule has 1 amide bonds. The third kappa shape index (κ3) is 2.89. The molecule has 0 radical (unpaired) electrons. The summed E-state index contributed by atoms with van der Waals surface area (Å²) in [7, 11) is 0. The van der Waals surface area contributed by atoms with Crippen LogP contribution in [0, 0.1) is 5.92 Å². The van der Waals surface area contributed by atoms with E-state index in [9.17, 15) is 4.79 Å². The highest BCUT2D eigenvalue weighted by Crippen LogP contribution is 2.25. The maximum atomic E-state index is 11.9. The number of allylic oxidation sites excluding steroid dienone is 2. The van der Waals surface area contributed by atoms with Crippen molar-refractivity contribution in [1.29, 1.82) is 0 Å². The van der Waals surface area contributed by atoms with Crippen LogP contribution in [0.5, 0.6) is 0 Å². The van der Waals surface area contributed by atoms with Crippen LogP contribution in [0.2, 0.25) is 0 Å². The monoisotopic (exact) mass is 241 g/mol. The van der Waals surface area contributed by atoms with Crippen molar-refractivity contribution in [1.82, 2.24) is 5.32 Å². The molecule has 1 fully saturated rings. The van der Waals surface area contributed by atoms with Gasteiger partial charge in [0.1, 0.15) is 0 Å². The molecule has 0 aliphatic heterocycles. The van der Waals surface area contributed by atoms with Crippen molar-refractivity contribution in [3.63, 3.8) is 0 Å². The van der Waals surface area contributed by atoms with Gasteiger partial charge in [-0.15, -0.1) is 0 Å². The van der Waals surface area contributed by atoms with Gasteiger partial charge < -0.3 is 5.32 Å². The van der Waals surface area contributed by atoms with Gasteiger partial charge >= 0.3 is 0 Å². The average molecular weight is 241 g/mol. The van der Waals surface area contributed by atoms with Gasteiger partial charge in [0.15, 0.2) is 0 Å². The summed E-state index contributed by atoms with van der Waals surface area (Å²) in [6.45, 7) is 8.36. The topological polar surface area (TPSA) is 29.1 Å². The Morgan fingerprint density at radius 3 is 2.39 bits per heavy atom. The Kier molecular flexibility index (Phi) is 3.98. The molecule has 2 nitrogen and oxygen atoms in total. The van der Waals surface area contributed by atoms with Gasteiger partial charge in [0.25, 0.3) is 5.91 Å². The number of benzene rings is 1. The molecule has 1 aromatic carbocycles. The Balaban J connectivity index is 1.93. The Hall–Kier alpha value is -1.83. The number of rotatable bonds is 5. The van der Waals surface area contributed by atoms with Crippen LogP contribution in [0.3, 0.4) is 0 Å². The quantitative estimate of drug-likeness (QED) is 0.786. The first kappa shape index (κ1) is 12.6. The third-order valence-corrected chi connectivity index (χ3v) is 3.54. The molecular formula is C16H19NO. The van der Waals surface area contributed by atoms with Crippen molar-refractivity contribution < 1.29 is 4.79 Å². The van der Waals surface area contributed by atoms with E-state index in [1.807, 2.05) is 24.3 Å². The lowest BCUT2D eigenvalue weighted by Crippen LogP contribution is -2.32. The standard InChI is InChI=1S/C16H19NO/c1-3-12(2)14-7-9-15(10-8-14)16(18)17-11-13-5-4-6-13/h3,7-10,13H,1-2,4-6,11H2,(H,17,18). The molecule has 94 valence electrons. The number of amides is 1. The van der Waals surface area contributed by atoms with Gasteiger partial charge in [-0.3, -0.25) is 4.79 Å². The Bertz CT molecular complexity index is 454. The second-order valence-corrected chi connectivity index (χ2v) is 4.81. The summed E-state index contributed by atoms with van der Waals surface area (Å²) < 4.78 is 0. The van der Waals surface area contributed by atoms with Gasteiger partial charge in [0, 0.05) is 12.1 Å². The maximum absolute atomic E-state index is 11.9. The summed E-state index contributed by atoms with van der Waals surface area (Å²) in [4.78, 5) is 11.9. The average Bonchev–Trinajstić information content (AvgIpc) is 2.36. The summed E-state index contributed by atoms with van der Waals surface area (Å²) >= 11 is 0. The van der Waals surface area contributed by atoms with E-state index in [0.29, 0.717) is 11.5 Å². The highest BCUT2D eigenvalue weighted by atomic mass is 16.1. The maximum Gasteiger partial charge on any atom is 0.251 e. The lowest BCUT2D eigenvalue weighted by atomic mass is 9.85. The first-order valence-corrected chi connectivity index (χ1v) is 6.40. The fraction of sp³-hybridized carbons (Fsp3) is 0.312. The lowest BCUT2D eigenvalue weighted by Gasteiger charge is -2.25. The van der Waals surface area contributed by atoms with Crippen LogP contribution in [0.25, 0.3) is 5.57 Å². The lowest BCUT2D eigenvalue weighted by molar-refractivity contribution is 0.0939. The molecule has 0 bridgehead atoms. The Labute approximate surface area is 108 Å². The van der Waals surface area contributed by atoms with Crippen molar-refractivity contribution >= 4 is 11.5 Å². The minimum Gasteiger partial charge on any atom is -0.352 e. The van der Waals surface area contributed by atoms with Crippen LogP contribution in [0.15, 0.2) is 43.5 Å². The summed E-state index contributed by atoms with van der Waals surface area (Å²) in [5, 5.41) is 2.98. The summed E-state index contributed by atoms with van der Waals surface area (Å²) in [6, 6.07) is 7.48. The number of carbonyl (C=O) groups is 1. The number of hydrogen-bond acceptors (Lipinski definition) is 1. The largest absolute Gasteiger partial charge is 0.352 e. The molecule has 1 aromatic rings. The second-order valence-electron chi connectivity index (χ2n) is 4.81. The minimum absolute atomic E-state index is 0.0117. The van der Waals surface area contributed by atoms with E-state index in [1.54, 1.807) is 6.08 Å². The van der Waals surface area contributed by atoms with Gasteiger partial charge in [-0.05, 0) is 42.0 Å². The van der Waals surface area contributed by atoms with E-state index >= 15 is 0 Å². The fourth-order valence-corrected chi connectivity index (χ4v) is 1.99. The zero-order valence-corrected chi connectivity index (χ0v) is 10.6. The van der Waals surface area contributed by atoms with Gasteiger partial charge in [-0.1, -0.05) is 37.8 Å². The number of nitrogens with one attached hydrogen (secondary N) is 1. The molecule has 1 N–H and O–H groups in total. The molecule has 2 heteroatoms. The molecule has 0 aromatic heterocycles. The van der Waals surface area contributed by atoms with E-state index in [0.717, 1.165) is 17.7 Å². The van der Waals surface area contributed by atoms with Crippen LogP contribution in [-0.4, -0.2) is 12.5 Å². The Morgan fingerprint density at radius 1 is 1.28 bits per heavy atom. The first-order chi connectivity index (χ1) is 8.70. The van der Waals surface area contributed by atoms with Crippen LogP contribution < -0.4 is 5.32 Å². The molecule has 0 unspecified atom stereocenters. The molecule has 2 rings (SSSR count). The van der Waals surface area contributed by atoms with Crippen molar-refractivity contribution in [3.05, 3.63) is 54.6 Å². The zero-order chi connectivity index (χ0) is 13.0. The summed E-state index contributed by atoms with van der Waals surface area (Å²) in [5.41, 5.74) is 2.58. The third-order valence-electron chi connectivity index (χ3n) is 3.54. The molecular weight excluding hydrogens is 222 g/mol. The van der Waals surface area contributed by atoms with Crippen molar-refractivity contribution in [2.75, 3.05) is 6.54 Å². The van der Waals surface area contributed by atoms with Gasteiger partial charge in [0.2, 0.25) is 0 Å². The van der Waals surface area contributed by atoms with Gasteiger partial charge in [-0.2, -0.15) is 0 Å². The van der Waals surface area contributed by atoms with Crippen LogP contribution in [0.1, 0.15) is 35.2 Å². The molecule has 0 spiro atoms. The normalized spacial score (nSPS) is 14.7. The highest BCUT2D eigenvalue weighted by Gasteiger charge is 2.18. The van der Waals surface area contributed by atoms with Crippen LogP contribution in [-0.2, 0) is 0 Å². The molecule has 0 saturated heterocycles. The van der Waals surface area contributed by atoms with E-state index in [1.165, 1.54) is 19.3 Å². The summed E-state index contributed by atoms with van der Waals surface area (Å²) in [6.07, 6.45) is 5.52. The molecule has 18 heavy (non-hydrogen) atoms. The Morgan fingerprint density at radius 2 is 1.89 bits per heavy atom. The van der Waals surface area contributed by atoms with E-state index in [-0.39, 0.29) is 5.91 Å². The highest BCUT2D eigenvalue weighted by molar-refractivity contribution is 5.94.